The maximum absolute atomic E-state index is 13.3. The molecule has 1 aliphatic carbocycles. The summed E-state index contributed by atoms with van der Waals surface area (Å²) < 4.78 is 0. The van der Waals surface area contributed by atoms with Gasteiger partial charge in [0.05, 0.1) is 18.5 Å². The van der Waals surface area contributed by atoms with E-state index >= 15 is 0 Å². The average Bonchev–Trinajstić information content (AvgIpc) is 2.94. The van der Waals surface area contributed by atoms with Crippen molar-refractivity contribution in [2.45, 2.75) is 84.3 Å². The molecule has 0 spiro atoms. The van der Waals surface area contributed by atoms with Crippen molar-refractivity contribution in [2.75, 3.05) is 13.1 Å². The van der Waals surface area contributed by atoms with E-state index in [-0.39, 0.29) is 29.6 Å². The van der Waals surface area contributed by atoms with Crippen LogP contribution in [-0.4, -0.2) is 47.7 Å². The van der Waals surface area contributed by atoms with Crippen LogP contribution >= 0.6 is 0 Å². The van der Waals surface area contributed by atoms with Crippen LogP contribution in [0.25, 0.3) is 0 Å². The van der Waals surface area contributed by atoms with Crippen LogP contribution in [0.1, 0.15) is 70.4 Å². The normalized spacial score (nSPS) is 22.5. The second kappa shape index (κ2) is 11.6. The fraction of sp³-hybridized carbons (Fsp3) is 0.654. The number of fused-ring (bicyclic) bond motifs is 1. The first-order valence-electron chi connectivity index (χ1n) is 12.2. The highest BCUT2D eigenvalue weighted by atomic mass is 16.2. The van der Waals surface area contributed by atoms with Crippen molar-refractivity contribution in [1.29, 1.82) is 0 Å². The third kappa shape index (κ3) is 6.89. The molecule has 0 saturated heterocycles. The number of ketones is 1. The number of nitrogens with one attached hydrogen (secondary N) is 2. The molecule has 2 N–H and O–H groups in total. The van der Waals surface area contributed by atoms with Gasteiger partial charge >= 0.3 is 0 Å². The Morgan fingerprint density at radius 3 is 2.50 bits per heavy atom. The fourth-order valence-corrected chi connectivity index (χ4v) is 5.13. The lowest BCUT2D eigenvalue weighted by Crippen LogP contribution is -2.52. The first-order chi connectivity index (χ1) is 15.3. The highest BCUT2D eigenvalue weighted by Crippen LogP contribution is 2.25. The van der Waals surface area contributed by atoms with Crippen LogP contribution in [0.5, 0.6) is 0 Å². The van der Waals surface area contributed by atoms with E-state index in [4.69, 9.17) is 0 Å². The summed E-state index contributed by atoms with van der Waals surface area (Å²) in [5, 5.41) is 6.02. The maximum atomic E-state index is 13.3. The van der Waals surface area contributed by atoms with Gasteiger partial charge in [0.1, 0.15) is 0 Å². The first kappa shape index (κ1) is 24.4. The SMILES string of the molecule is CC(=O)N[C@H]1CCCC[C@H]1C(=O)NC(CC(C)C)C(=O)CN1CCCc2ccccc2C1. The van der Waals surface area contributed by atoms with Crippen molar-refractivity contribution < 1.29 is 14.4 Å². The standard InChI is InChI=1S/C26H39N3O3/c1-18(2)15-24(28-26(32)22-12-6-7-13-23(22)27-19(3)30)25(31)17-29-14-8-11-20-9-4-5-10-21(20)16-29/h4-5,9-10,18,22-24H,6-8,11-17H2,1-3H3,(H,27,30)(H,28,32)/t22-,23+,24?/m1/s1. The Kier molecular flexibility index (Phi) is 8.85. The highest BCUT2D eigenvalue weighted by Gasteiger charge is 2.34. The molecule has 3 atom stereocenters. The zero-order valence-electron chi connectivity index (χ0n) is 19.9. The number of hydrogen-bond donors (Lipinski definition) is 2. The molecular formula is C26H39N3O3. The van der Waals surface area contributed by atoms with E-state index in [0.29, 0.717) is 18.9 Å². The highest BCUT2D eigenvalue weighted by molar-refractivity contribution is 5.91. The van der Waals surface area contributed by atoms with E-state index in [9.17, 15) is 14.4 Å². The number of amides is 2. The number of carbonyl (C=O) groups excluding carboxylic acids is 3. The minimum atomic E-state index is -0.485. The molecule has 0 radical (unpaired) electrons. The molecule has 0 aromatic heterocycles. The van der Waals surface area contributed by atoms with E-state index in [1.807, 2.05) is 0 Å². The molecule has 1 fully saturated rings. The smallest absolute Gasteiger partial charge is 0.225 e. The number of benzene rings is 1. The summed E-state index contributed by atoms with van der Waals surface area (Å²) in [5.74, 6) is -0.0836. The van der Waals surface area contributed by atoms with Crippen molar-refractivity contribution in [1.82, 2.24) is 15.5 Å². The van der Waals surface area contributed by atoms with Gasteiger partial charge in [0.2, 0.25) is 11.8 Å². The molecule has 1 heterocycles. The number of nitrogens with zero attached hydrogens (tertiary/aromatic N) is 1. The van der Waals surface area contributed by atoms with Gasteiger partial charge in [-0.3, -0.25) is 19.3 Å². The quantitative estimate of drug-likeness (QED) is 0.649. The zero-order chi connectivity index (χ0) is 23.1. The van der Waals surface area contributed by atoms with Gasteiger partial charge in [-0.15, -0.1) is 0 Å². The monoisotopic (exact) mass is 441 g/mol. The van der Waals surface area contributed by atoms with E-state index in [1.165, 1.54) is 18.1 Å². The lowest BCUT2D eigenvalue weighted by molar-refractivity contribution is -0.133. The van der Waals surface area contributed by atoms with E-state index in [1.54, 1.807) is 0 Å². The Bertz CT molecular complexity index is 807. The van der Waals surface area contributed by atoms with Crippen molar-refractivity contribution >= 4 is 17.6 Å². The summed E-state index contributed by atoms with van der Waals surface area (Å²) in [6.07, 6.45) is 6.26. The molecule has 0 bridgehead atoms. The Hall–Kier alpha value is -2.21. The van der Waals surface area contributed by atoms with Crippen molar-refractivity contribution in [3.8, 4) is 0 Å². The van der Waals surface area contributed by atoms with E-state index in [2.05, 4.69) is 53.6 Å². The molecule has 2 amide bonds. The van der Waals surface area contributed by atoms with Crippen LogP contribution in [0, 0.1) is 11.8 Å². The minimum Gasteiger partial charge on any atom is -0.353 e. The van der Waals surface area contributed by atoms with Gasteiger partial charge in [-0.05, 0) is 55.7 Å². The average molecular weight is 442 g/mol. The van der Waals surface area contributed by atoms with Crippen LogP contribution in [0.3, 0.4) is 0 Å². The van der Waals surface area contributed by atoms with Crippen molar-refractivity contribution in [3.05, 3.63) is 35.4 Å². The summed E-state index contributed by atoms with van der Waals surface area (Å²) in [4.78, 5) is 40.3. The molecule has 1 saturated carbocycles. The second-order valence-electron chi connectivity index (χ2n) is 9.94. The molecule has 32 heavy (non-hydrogen) atoms. The maximum Gasteiger partial charge on any atom is 0.225 e. The number of aryl methyl sites for hydroxylation is 1. The summed E-state index contributed by atoms with van der Waals surface area (Å²) in [5.41, 5.74) is 2.67. The summed E-state index contributed by atoms with van der Waals surface area (Å²) in [6.45, 7) is 7.66. The molecule has 1 aliphatic heterocycles. The van der Waals surface area contributed by atoms with Crippen LogP contribution < -0.4 is 10.6 Å². The largest absolute Gasteiger partial charge is 0.353 e. The number of carbonyl (C=O) groups is 3. The number of rotatable bonds is 8. The molecule has 3 rings (SSSR count). The summed E-state index contributed by atoms with van der Waals surface area (Å²) in [6, 6.07) is 7.84. The van der Waals surface area contributed by atoms with E-state index in [0.717, 1.165) is 51.6 Å². The van der Waals surface area contributed by atoms with Crippen LogP contribution in [-0.2, 0) is 27.3 Å². The number of Topliss-reactive ketones (excluding diaryl/α,β-unsaturated/α-hetero) is 1. The Morgan fingerprint density at radius 1 is 1.06 bits per heavy atom. The molecule has 1 aromatic rings. The molecule has 1 unspecified atom stereocenters. The topological polar surface area (TPSA) is 78.5 Å². The Labute approximate surface area is 192 Å². The molecule has 2 aliphatic rings. The van der Waals surface area contributed by atoms with Gasteiger partial charge in [-0.1, -0.05) is 51.0 Å². The molecular weight excluding hydrogens is 402 g/mol. The third-order valence-corrected chi connectivity index (χ3v) is 6.72. The lowest BCUT2D eigenvalue weighted by Gasteiger charge is -2.32. The summed E-state index contributed by atoms with van der Waals surface area (Å²) >= 11 is 0. The Morgan fingerprint density at radius 2 is 1.78 bits per heavy atom. The van der Waals surface area contributed by atoms with Gasteiger partial charge < -0.3 is 10.6 Å². The van der Waals surface area contributed by atoms with E-state index < -0.39 is 6.04 Å². The fourth-order valence-electron chi connectivity index (χ4n) is 5.13. The van der Waals surface area contributed by atoms with Gasteiger partial charge in [-0.2, -0.15) is 0 Å². The third-order valence-electron chi connectivity index (χ3n) is 6.72. The van der Waals surface area contributed by atoms with Crippen LogP contribution in [0.15, 0.2) is 24.3 Å². The zero-order valence-corrected chi connectivity index (χ0v) is 19.9. The minimum absolute atomic E-state index is 0.0818. The van der Waals surface area contributed by atoms with Crippen molar-refractivity contribution in [2.24, 2.45) is 11.8 Å². The van der Waals surface area contributed by atoms with Crippen LogP contribution in [0.2, 0.25) is 0 Å². The van der Waals surface area contributed by atoms with Gasteiger partial charge in [-0.25, -0.2) is 0 Å². The number of hydrogen-bond acceptors (Lipinski definition) is 4. The molecule has 6 nitrogen and oxygen atoms in total. The predicted octanol–water partition coefficient (Wildman–Crippen LogP) is 3.23. The Balaban J connectivity index is 1.65. The molecule has 1 aromatic carbocycles. The van der Waals surface area contributed by atoms with Gasteiger partial charge in [0.15, 0.2) is 5.78 Å². The van der Waals surface area contributed by atoms with Crippen LogP contribution in [0.4, 0.5) is 0 Å². The molecule has 176 valence electrons. The molecule has 6 heteroatoms. The summed E-state index contributed by atoms with van der Waals surface area (Å²) in [7, 11) is 0. The van der Waals surface area contributed by atoms with Gasteiger partial charge in [0, 0.05) is 19.5 Å². The lowest BCUT2D eigenvalue weighted by atomic mass is 9.83. The van der Waals surface area contributed by atoms with Crippen molar-refractivity contribution in [3.63, 3.8) is 0 Å². The predicted molar refractivity (Wildman–Crippen MR) is 126 cm³/mol. The van der Waals surface area contributed by atoms with Gasteiger partial charge in [0.25, 0.3) is 0 Å². The first-order valence-corrected chi connectivity index (χ1v) is 12.2. The second-order valence-corrected chi connectivity index (χ2v) is 9.94.